The minimum absolute atomic E-state index is 0.653. The van der Waals surface area contributed by atoms with E-state index in [9.17, 15) is 0 Å². The summed E-state index contributed by atoms with van der Waals surface area (Å²) < 4.78 is 0. The van der Waals surface area contributed by atoms with Gasteiger partial charge in [-0.2, -0.15) is 0 Å². The molecule has 0 amide bonds. The van der Waals surface area contributed by atoms with Crippen LogP contribution in [0.1, 0.15) is 5.56 Å². The Kier molecular flexibility index (Phi) is 2.09. The van der Waals surface area contributed by atoms with Crippen LogP contribution in [0.25, 0.3) is 32.6 Å². The smallest absolute Gasteiger partial charge is 0.114 e. The number of halogens is 1. The molecule has 0 bridgehead atoms. The molecule has 0 saturated heterocycles. The molecular formula is C15H10ClN3. The largest absolute Gasteiger partial charge is 0.352 e. The van der Waals surface area contributed by atoms with E-state index in [0.29, 0.717) is 5.15 Å². The van der Waals surface area contributed by atoms with E-state index >= 15 is 0 Å². The summed E-state index contributed by atoms with van der Waals surface area (Å²) in [4.78, 5) is 11.9. The lowest BCUT2D eigenvalue weighted by Crippen LogP contribution is -1.84. The fraction of sp³-hybridized carbons (Fsp3) is 0.0667. The summed E-state index contributed by atoms with van der Waals surface area (Å²) in [6.07, 6.45) is 5.48. The van der Waals surface area contributed by atoms with Gasteiger partial charge in [0.05, 0.1) is 11.0 Å². The first-order valence-electron chi connectivity index (χ1n) is 6.05. The van der Waals surface area contributed by atoms with E-state index in [1.807, 2.05) is 24.5 Å². The Bertz CT molecular complexity index is 940. The van der Waals surface area contributed by atoms with Gasteiger partial charge in [-0.15, -0.1) is 0 Å². The highest BCUT2D eigenvalue weighted by molar-refractivity contribution is 6.35. The molecule has 0 fully saturated rings. The maximum Gasteiger partial charge on any atom is 0.114 e. The summed E-state index contributed by atoms with van der Waals surface area (Å²) in [6, 6.07) is 6.06. The monoisotopic (exact) mass is 267 g/mol. The van der Waals surface area contributed by atoms with Gasteiger partial charge in [0.2, 0.25) is 0 Å². The second-order valence-electron chi connectivity index (χ2n) is 4.66. The van der Waals surface area contributed by atoms with Gasteiger partial charge in [0.25, 0.3) is 0 Å². The number of rotatable bonds is 0. The number of pyridine rings is 2. The Balaban J connectivity index is 2.34. The number of aromatic nitrogens is 3. The SMILES string of the molecule is Cc1c2cc[nH]c(Cl)c2cc2c1nc1ccncc12. The molecule has 92 valence electrons. The van der Waals surface area contributed by atoms with Crippen LogP contribution < -0.4 is 0 Å². The Morgan fingerprint density at radius 3 is 2.89 bits per heavy atom. The first kappa shape index (κ1) is 10.8. The van der Waals surface area contributed by atoms with Gasteiger partial charge in [-0.25, -0.2) is 4.98 Å². The molecule has 0 saturated carbocycles. The van der Waals surface area contributed by atoms with Gasteiger partial charge in [0.15, 0.2) is 0 Å². The number of aryl methyl sites for hydroxylation is 1. The van der Waals surface area contributed by atoms with Gasteiger partial charge in [0.1, 0.15) is 5.15 Å². The van der Waals surface area contributed by atoms with Gasteiger partial charge in [0, 0.05) is 34.7 Å². The van der Waals surface area contributed by atoms with Crippen LogP contribution >= 0.6 is 11.6 Å². The molecule has 4 rings (SSSR count). The van der Waals surface area contributed by atoms with Gasteiger partial charge in [-0.1, -0.05) is 11.6 Å². The predicted octanol–water partition coefficient (Wildman–Crippen LogP) is 4.23. The van der Waals surface area contributed by atoms with Crippen molar-refractivity contribution in [1.29, 1.82) is 0 Å². The van der Waals surface area contributed by atoms with Crippen LogP contribution in [0, 0.1) is 6.92 Å². The minimum atomic E-state index is 0.653. The molecule has 0 radical (unpaired) electrons. The summed E-state index contributed by atoms with van der Waals surface area (Å²) in [6.45, 7) is 2.08. The molecule has 4 aromatic rings. The van der Waals surface area contributed by atoms with Gasteiger partial charge in [-0.3, -0.25) is 4.98 Å². The Labute approximate surface area is 114 Å². The third kappa shape index (κ3) is 1.39. The highest BCUT2D eigenvalue weighted by Gasteiger charge is 2.12. The summed E-state index contributed by atoms with van der Waals surface area (Å²) in [7, 11) is 0. The molecule has 1 N–H and O–H groups in total. The maximum atomic E-state index is 6.26. The Hall–Kier alpha value is -2.13. The van der Waals surface area contributed by atoms with E-state index in [1.54, 1.807) is 6.20 Å². The number of nitrogens with zero attached hydrogens (tertiary/aromatic N) is 2. The van der Waals surface area contributed by atoms with Crippen molar-refractivity contribution in [1.82, 2.24) is 15.0 Å². The Morgan fingerprint density at radius 1 is 1.11 bits per heavy atom. The first-order chi connectivity index (χ1) is 9.25. The molecule has 3 nitrogen and oxygen atoms in total. The molecule has 0 spiro atoms. The standard InChI is InChI=1S/C15H10ClN3/c1-8-9-2-5-18-15(16)11(9)6-10-12-7-17-4-3-13(12)19-14(8)10/h2-7,18H,1H3. The van der Waals surface area contributed by atoms with E-state index < -0.39 is 0 Å². The number of aromatic amines is 1. The zero-order valence-corrected chi connectivity index (χ0v) is 11.0. The van der Waals surface area contributed by atoms with Crippen molar-refractivity contribution >= 4 is 44.2 Å². The number of benzene rings is 1. The van der Waals surface area contributed by atoms with Crippen molar-refractivity contribution in [2.75, 3.05) is 0 Å². The second kappa shape index (κ2) is 3.68. The second-order valence-corrected chi connectivity index (χ2v) is 5.03. The highest BCUT2D eigenvalue weighted by atomic mass is 35.5. The molecule has 4 heteroatoms. The molecule has 3 heterocycles. The van der Waals surface area contributed by atoms with Crippen molar-refractivity contribution in [3.05, 3.63) is 47.5 Å². The fourth-order valence-electron chi connectivity index (χ4n) is 2.66. The van der Waals surface area contributed by atoms with Crippen LogP contribution in [-0.2, 0) is 0 Å². The number of hydrogen-bond donors (Lipinski definition) is 1. The lowest BCUT2D eigenvalue weighted by molar-refractivity contribution is 1.35. The molecule has 0 aliphatic heterocycles. The maximum absolute atomic E-state index is 6.26. The summed E-state index contributed by atoms with van der Waals surface area (Å²) >= 11 is 6.26. The zero-order chi connectivity index (χ0) is 13.0. The quantitative estimate of drug-likeness (QED) is 0.485. The topological polar surface area (TPSA) is 41.6 Å². The molecular weight excluding hydrogens is 258 g/mol. The normalized spacial score (nSPS) is 11.7. The fourth-order valence-corrected chi connectivity index (χ4v) is 2.88. The van der Waals surface area contributed by atoms with E-state index in [-0.39, 0.29) is 0 Å². The Morgan fingerprint density at radius 2 is 2.00 bits per heavy atom. The van der Waals surface area contributed by atoms with Crippen LogP contribution in [0.3, 0.4) is 0 Å². The average Bonchev–Trinajstić information content (AvgIpc) is 2.80. The molecule has 3 aromatic heterocycles. The number of nitrogens with one attached hydrogen (secondary N) is 1. The zero-order valence-electron chi connectivity index (χ0n) is 10.2. The molecule has 0 unspecified atom stereocenters. The van der Waals surface area contributed by atoms with E-state index in [1.165, 1.54) is 0 Å². The number of hydrogen-bond acceptors (Lipinski definition) is 2. The lowest BCUT2D eigenvalue weighted by Gasteiger charge is -2.05. The van der Waals surface area contributed by atoms with Crippen molar-refractivity contribution in [3.8, 4) is 0 Å². The summed E-state index contributed by atoms with van der Waals surface area (Å²) in [5.41, 5.74) is 3.15. The van der Waals surface area contributed by atoms with Crippen molar-refractivity contribution in [3.63, 3.8) is 0 Å². The molecule has 0 atom stereocenters. The summed E-state index contributed by atoms with van der Waals surface area (Å²) in [5.74, 6) is 0. The van der Waals surface area contributed by atoms with Crippen LogP contribution in [0.5, 0.6) is 0 Å². The van der Waals surface area contributed by atoms with E-state index in [0.717, 1.165) is 38.1 Å². The van der Waals surface area contributed by atoms with Gasteiger partial charge < -0.3 is 4.98 Å². The molecule has 0 aliphatic rings. The van der Waals surface area contributed by atoms with Crippen LogP contribution in [0.15, 0.2) is 36.8 Å². The summed E-state index contributed by atoms with van der Waals surface area (Å²) in [5, 5.41) is 4.98. The van der Waals surface area contributed by atoms with Gasteiger partial charge in [-0.05, 0) is 36.1 Å². The lowest BCUT2D eigenvalue weighted by atomic mass is 10.0. The molecule has 19 heavy (non-hydrogen) atoms. The third-order valence-corrected chi connectivity index (χ3v) is 3.92. The number of fused-ring (bicyclic) bond motifs is 4. The van der Waals surface area contributed by atoms with Gasteiger partial charge >= 0.3 is 0 Å². The third-order valence-electron chi connectivity index (χ3n) is 3.61. The average molecular weight is 268 g/mol. The minimum Gasteiger partial charge on any atom is -0.352 e. The van der Waals surface area contributed by atoms with Crippen LogP contribution in [0.2, 0.25) is 5.15 Å². The molecule has 1 aromatic carbocycles. The predicted molar refractivity (Wildman–Crippen MR) is 78.6 cm³/mol. The van der Waals surface area contributed by atoms with Crippen molar-refractivity contribution in [2.24, 2.45) is 0 Å². The van der Waals surface area contributed by atoms with Crippen LogP contribution in [0.4, 0.5) is 0 Å². The van der Waals surface area contributed by atoms with E-state index in [2.05, 4.69) is 23.0 Å². The number of H-pyrrole nitrogens is 1. The van der Waals surface area contributed by atoms with Crippen LogP contribution in [-0.4, -0.2) is 15.0 Å². The van der Waals surface area contributed by atoms with Crippen molar-refractivity contribution in [2.45, 2.75) is 6.92 Å². The van der Waals surface area contributed by atoms with E-state index in [4.69, 9.17) is 16.6 Å². The first-order valence-corrected chi connectivity index (χ1v) is 6.43. The molecule has 0 aliphatic carbocycles. The van der Waals surface area contributed by atoms with Crippen molar-refractivity contribution < 1.29 is 0 Å². The highest BCUT2D eigenvalue weighted by Crippen LogP contribution is 2.34.